The Bertz CT molecular complexity index is 828. The van der Waals surface area contributed by atoms with Gasteiger partial charge in [0.1, 0.15) is 5.82 Å². The molecule has 0 atom stereocenters. The maximum Gasteiger partial charge on any atom is 0.337 e. The first-order valence-electron chi connectivity index (χ1n) is 6.96. The van der Waals surface area contributed by atoms with E-state index in [4.69, 9.17) is 4.74 Å². The van der Waals surface area contributed by atoms with Gasteiger partial charge in [-0.1, -0.05) is 12.1 Å². The summed E-state index contributed by atoms with van der Waals surface area (Å²) in [5.41, 5.74) is 2.55. The molecule has 0 spiro atoms. The third-order valence-electron chi connectivity index (χ3n) is 3.41. The van der Waals surface area contributed by atoms with Crippen LogP contribution in [0.4, 0.5) is 0 Å². The van der Waals surface area contributed by atoms with Gasteiger partial charge in [0.2, 0.25) is 0 Å². The highest BCUT2D eigenvalue weighted by molar-refractivity contribution is 9.10. The van der Waals surface area contributed by atoms with Crippen molar-refractivity contribution in [2.45, 2.75) is 6.54 Å². The molecule has 116 valence electrons. The number of hydrogen-bond acceptors (Lipinski definition) is 4. The largest absolute Gasteiger partial charge is 0.465 e. The summed E-state index contributed by atoms with van der Waals surface area (Å²) in [6, 6.07) is 9.33. The van der Waals surface area contributed by atoms with Gasteiger partial charge in [0, 0.05) is 41.4 Å². The predicted octanol–water partition coefficient (Wildman–Crippen LogP) is 3.54. The molecule has 0 amide bonds. The molecule has 2 aromatic heterocycles. The van der Waals surface area contributed by atoms with Crippen LogP contribution in [0.25, 0.3) is 11.4 Å². The number of esters is 1. The number of benzene rings is 1. The van der Waals surface area contributed by atoms with Crippen molar-refractivity contribution in [3.63, 3.8) is 0 Å². The number of carbonyl (C=O) groups is 1. The standard InChI is InChI=1S/C17H14BrN3O2/c1-23-17(22)13-4-2-12(3-5-13)11-21-7-6-20-16(21)14-8-15(18)10-19-9-14/h2-10H,11H2,1H3. The van der Waals surface area contributed by atoms with Gasteiger partial charge in [-0.05, 0) is 39.7 Å². The van der Waals surface area contributed by atoms with E-state index in [0.717, 1.165) is 21.4 Å². The summed E-state index contributed by atoms with van der Waals surface area (Å²) >= 11 is 3.42. The fourth-order valence-corrected chi connectivity index (χ4v) is 2.66. The van der Waals surface area contributed by atoms with Crippen LogP contribution in [0.5, 0.6) is 0 Å². The second kappa shape index (κ2) is 6.75. The summed E-state index contributed by atoms with van der Waals surface area (Å²) in [7, 11) is 1.38. The van der Waals surface area contributed by atoms with E-state index in [2.05, 4.69) is 25.9 Å². The van der Waals surface area contributed by atoms with Crippen LogP contribution in [0.2, 0.25) is 0 Å². The second-order valence-corrected chi connectivity index (χ2v) is 5.87. The molecule has 23 heavy (non-hydrogen) atoms. The van der Waals surface area contributed by atoms with E-state index in [1.165, 1.54) is 7.11 Å². The summed E-state index contributed by atoms with van der Waals surface area (Å²) in [6.45, 7) is 0.656. The lowest BCUT2D eigenvalue weighted by Gasteiger charge is -2.09. The number of ether oxygens (including phenoxy) is 1. The molecular weight excluding hydrogens is 358 g/mol. The Morgan fingerprint density at radius 2 is 2.04 bits per heavy atom. The van der Waals surface area contributed by atoms with Crippen molar-refractivity contribution in [1.29, 1.82) is 0 Å². The van der Waals surface area contributed by atoms with Crippen molar-refractivity contribution < 1.29 is 9.53 Å². The molecule has 3 aromatic rings. The van der Waals surface area contributed by atoms with Crippen LogP contribution < -0.4 is 0 Å². The summed E-state index contributed by atoms with van der Waals surface area (Å²) in [6.07, 6.45) is 7.20. The molecule has 0 saturated heterocycles. The van der Waals surface area contributed by atoms with Crippen LogP contribution in [0, 0.1) is 0 Å². The van der Waals surface area contributed by atoms with Crippen molar-refractivity contribution in [2.24, 2.45) is 0 Å². The number of rotatable bonds is 4. The lowest BCUT2D eigenvalue weighted by atomic mass is 10.1. The molecule has 0 unspecified atom stereocenters. The number of methoxy groups -OCH3 is 1. The molecule has 2 heterocycles. The van der Waals surface area contributed by atoms with E-state index in [0.29, 0.717) is 12.1 Å². The van der Waals surface area contributed by atoms with Crippen molar-refractivity contribution >= 4 is 21.9 Å². The average molecular weight is 372 g/mol. The molecule has 0 aliphatic carbocycles. The number of hydrogen-bond donors (Lipinski definition) is 0. The Morgan fingerprint density at radius 1 is 1.26 bits per heavy atom. The van der Waals surface area contributed by atoms with E-state index in [9.17, 15) is 4.79 Å². The zero-order chi connectivity index (χ0) is 16.2. The minimum absolute atomic E-state index is 0.333. The number of aromatic nitrogens is 3. The Hall–Kier alpha value is -2.47. The van der Waals surface area contributed by atoms with Crippen molar-refractivity contribution in [2.75, 3.05) is 7.11 Å². The molecule has 0 radical (unpaired) electrons. The van der Waals surface area contributed by atoms with E-state index in [1.807, 2.05) is 29.0 Å². The smallest absolute Gasteiger partial charge is 0.337 e. The van der Waals surface area contributed by atoms with E-state index in [-0.39, 0.29) is 5.97 Å². The molecule has 0 aliphatic rings. The van der Waals surface area contributed by atoms with E-state index < -0.39 is 0 Å². The Kier molecular flexibility index (Phi) is 4.52. The minimum Gasteiger partial charge on any atom is -0.465 e. The minimum atomic E-state index is -0.333. The lowest BCUT2D eigenvalue weighted by Crippen LogP contribution is -2.04. The van der Waals surface area contributed by atoms with E-state index in [1.54, 1.807) is 30.7 Å². The van der Waals surface area contributed by atoms with Gasteiger partial charge in [0.15, 0.2) is 0 Å². The van der Waals surface area contributed by atoms with Gasteiger partial charge in [-0.15, -0.1) is 0 Å². The van der Waals surface area contributed by atoms with Gasteiger partial charge in [-0.2, -0.15) is 0 Å². The number of carbonyl (C=O) groups excluding carboxylic acids is 1. The highest BCUT2D eigenvalue weighted by Gasteiger charge is 2.09. The van der Waals surface area contributed by atoms with Crippen LogP contribution >= 0.6 is 15.9 Å². The molecule has 3 rings (SSSR count). The van der Waals surface area contributed by atoms with Gasteiger partial charge in [-0.3, -0.25) is 4.98 Å². The van der Waals surface area contributed by atoms with Crippen LogP contribution in [-0.4, -0.2) is 27.6 Å². The van der Waals surface area contributed by atoms with Gasteiger partial charge in [0.05, 0.1) is 12.7 Å². The monoisotopic (exact) mass is 371 g/mol. The Morgan fingerprint density at radius 3 is 2.74 bits per heavy atom. The SMILES string of the molecule is COC(=O)c1ccc(Cn2ccnc2-c2cncc(Br)c2)cc1. The molecule has 1 aromatic carbocycles. The van der Waals surface area contributed by atoms with Gasteiger partial charge in [0.25, 0.3) is 0 Å². The molecule has 0 saturated carbocycles. The molecule has 0 N–H and O–H groups in total. The highest BCUT2D eigenvalue weighted by Crippen LogP contribution is 2.21. The first kappa shape index (κ1) is 15.4. The molecule has 0 fully saturated rings. The van der Waals surface area contributed by atoms with Crippen LogP contribution in [0.3, 0.4) is 0 Å². The Labute approximate surface area is 142 Å². The Balaban J connectivity index is 1.84. The molecule has 0 aliphatic heterocycles. The number of nitrogens with zero attached hydrogens (tertiary/aromatic N) is 3. The summed E-state index contributed by atoms with van der Waals surface area (Å²) in [5, 5.41) is 0. The van der Waals surface area contributed by atoms with Crippen LogP contribution in [-0.2, 0) is 11.3 Å². The summed E-state index contributed by atoms with van der Waals surface area (Å²) in [5.74, 6) is 0.510. The molecular formula is C17H14BrN3O2. The number of halogens is 1. The van der Waals surface area contributed by atoms with Crippen molar-refractivity contribution in [3.8, 4) is 11.4 Å². The average Bonchev–Trinajstić information content (AvgIpc) is 3.03. The first-order chi connectivity index (χ1) is 11.2. The number of imidazole rings is 1. The summed E-state index contributed by atoms with van der Waals surface area (Å²) < 4.78 is 7.65. The van der Waals surface area contributed by atoms with Crippen molar-refractivity contribution in [1.82, 2.24) is 14.5 Å². The van der Waals surface area contributed by atoms with Gasteiger partial charge in [-0.25, -0.2) is 9.78 Å². The fraction of sp³-hybridized carbons (Fsp3) is 0.118. The van der Waals surface area contributed by atoms with Crippen LogP contribution in [0.15, 0.2) is 59.6 Å². The third-order valence-corrected chi connectivity index (χ3v) is 3.84. The zero-order valence-electron chi connectivity index (χ0n) is 12.4. The number of pyridine rings is 1. The maximum atomic E-state index is 11.5. The lowest BCUT2D eigenvalue weighted by molar-refractivity contribution is 0.0600. The van der Waals surface area contributed by atoms with Gasteiger partial charge >= 0.3 is 5.97 Å². The van der Waals surface area contributed by atoms with Crippen LogP contribution in [0.1, 0.15) is 15.9 Å². The normalized spacial score (nSPS) is 10.5. The zero-order valence-corrected chi connectivity index (χ0v) is 14.0. The second-order valence-electron chi connectivity index (χ2n) is 4.96. The highest BCUT2D eigenvalue weighted by atomic mass is 79.9. The fourth-order valence-electron chi connectivity index (χ4n) is 2.29. The first-order valence-corrected chi connectivity index (χ1v) is 7.76. The molecule has 6 heteroatoms. The van der Waals surface area contributed by atoms with Gasteiger partial charge < -0.3 is 9.30 Å². The van der Waals surface area contributed by atoms with Crippen molar-refractivity contribution in [3.05, 3.63) is 70.7 Å². The molecule has 5 nitrogen and oxygen atoms in total. The summed E-state index contributed by atoms with van der Waals surface area (Å²) in [4.78, 5) is 20.1. The molecule has 0 bridgehead atoms. The third kappa shape index (κ3) is 3.48. The maximum absolute atomic E-state index is 11.5. The predicted molar refractivity (Wildman–Crippen MR) is 90.0 cm³/mol. The van der Waals surface area contributed by atoms with E-state index >= 15 is 0 Å². The quantitative estimate of drug-likeness (QED) is 0.658. The topological polar surface area (TPSA) is 57.0 Å².